The van der Waals surface area contributed by atoms with Crippen LogP contribution in [0, 0.1) is 0 Å². The highest BCUT2D eigenvalue weighted by Crippen LogP contribution is 2.15. The lowest BCUT2D eigenvalue weighted by atomic mass is 10.1. The van der Waals surface area contributed by atoms with Gasteiger partial charge in [-0.05, 0) is 18.2 Å². The van der Waals surface area contributed by atoms with Crippen molar-refractivity contribution >= 4 is 34.2 Å². The van der Waals surface area contributed by atoms with E-state index in [9.17, 15) is 24.3 Å². The number of nitrogens with zero attached hydrogens (tertiary/aromatic N) is 2. The number of benzene rings is 2. The first-order valence-corrected chi connectivity index (χ1v) is 7.80. The van der Waals surface area contributed by atoms with Crippen molar-refractivity contribution in [2.45, 2.75) is 6.54 Å². The van der Waals surface area contributed by atoms with Crippen molar-refractivity contribution in [3.05, 3.63) is 70.1 Å². The summed E-state index contributed by atoms with van der Waals surface area (Å²) in [5.74, 6) is -2.70. The van der Waals surface area contributed by atoms with Crippen LogP contribution in [0.15, 0.2) is 53.3 Å². The van der Waals surface area contributed by atoms with Crippen molar-refractivity contribution < 1.29 is 19.5 Å². The first-order valence-electron chi connectivity index (χ1n) is 7.80. The minimum Gasteiger partial charge on any atom is -0.476 e. The number of hydrogen-bond donors (Lipinski definition) is 3. The largest absolute Gasteiger partial charge is 0.476 e. The van der Waals surface area contributed by atoms with Gasteiger partial charge in [0.2, 0.25) is 5.91 Å². The minimum atomic E-state index is -1.32. The van der Waals surface area contributed by atoms with Crippen LogP contribution in [0.1, 0.15) is 20.8 Å². The highest BCUT2D eigenvalue weighted by atomic mass is 16.4. The van der Waals surface area contributed by atoms with Gasteiger partial charge in [0, 0.05) is 5.39 Å². The fourth-order valence-corrected chi connectivity index (χ4v) is 2.63. The second kappa shape index (κ2) is 7.08. The molecule has 0 spiro atoms. The third-order valence-electron chi connectivity index (χ3n) is 3.83. The maximum atomic E-state index is 12.5. The van der Waals surface area contributed by atoms with E-state index in [0.29, 0.717) is 0 Å². The lowest BCUT2D eigenvalue weighted by molar-refractivity contribution is -0.117. The second-order valence-corrected chi connectivity index (χ2v) is 5.62. The van der Waals surface area contributed by atoms with Gasteiger partial charge in [-0.15, -0.1) is 0 Å². The molecule has 0 aliphatic rings. The smallest absolute Gasteiger partial charge is 0.357 e. The number of fused-ring (bicyclic) bond motifs is 1. The third-order valence-corrected chi connectivity index (χ3v) is 3.83. The molecule has 0 saturated heterocycles. The topological polar surface area (TPSA) is 144 Å². The number of carboxylic acids is 1. The van der Waals surface area contributed by atoms with Crippen LogP contribution in [0.5, 0.6) is 0 Å². The fraction of sp³-hybridized carbons (Fsp3) is 0.0556. The Kier molecular flexibility index (Phi) is 4.67. The summed E-state index contributed by atoms with van der Waals surface area (Å²) in [6, 6.07) is 12.2. The van der Waals surface area contributed by atoms with Crippen LogP contribution in [0.4, 0.5) is 5.69 Å². The molecular weight excluding hydrogens is 352 g/mol. The van der Waals surface area contributed by atoms with Crippen molar-refractivity contribution in [1.29, 1.82) is 0 Å². The van der Waals surface area contributed by atoms with Crippen LogP contribution >= 0.6 is 0 Å². The number of aromatic nitrogens is 2. The summed E-state index contributed by atoms with van der Waals surface area (Å²) in [6.07, 6.45) is 0. The number of nitrogens with two attached hydrogens (primary N) is 1. The van der Waals surface area contributed by atoms with Gasteiger partial charge >= 0.3 is 5.97 Å². The molecule has 27 heavy (non-hydrogen) atoms. The van der Waals surface area contributed by atoms with E-state index in [2.05, 4.69) is 10.4 Å². The average molecular weight is 366 g/mol. The molecule has 0 aliphatic carbocycles. The molecule has 4 N–H and O–H groups in total. The van der Waals surface area contributed by atoms with E-state index in [-0.39, 0.29) is 27.7 Å². The summed E-state index contributed by atoms with van der Waals surface area (Å²) in [5, 5.41) is 15.9. The van der Waals surface area contributed by atoms with Gasteiger partial charge in [-0.25, -0.2) is 9.48 Å². The quantitative estimate of drug-likeness (QED) is 0.610. The van der Waals surface area contributed by atoms with Gasteiger partial charge in [-0.1, -0.05) is 30.3 Å². The zero-order chi connectivity index (χ0) is 19.6. The number of aromatic carboxylic acids is 1. The van der Waals surface area contributed by atoms with E-state index >= 15 is 0 Å². The lowest BCUT2D eigenvalue weighted by Crippen LogP contribution is -2.31. The molecular formula is C18H14N4O5. The number of carbonyl (C=O) groups is 3. The van der Waals surface area contributed by atoms with Crippen molar-refractivity contribution in [3.8, 4) is 0 Å². The predicted molar refractivity (Wildman–Crippen MR) is 96.6 cm³/mol. The zero-order valence-electron chi connectivity index (χ0n) is 13.9. The Labute approximate surface area is 152 Å². The number of amides is 2. The highest BCUT2D eigenvalue weighted by Gasteiger charge is 2.17. The van der Waals surface area contributed by atoms with E-state index in [1.54, 1.807) is 24.3 Å². The summed E-state index contributed by atoms with van der Waals surface area (Å²) in [6.45, 7) is -0.531. The SMILES string of the molecule is NC(=O)c1ccccc1NC(=O)Cn1nc(C(=O)O)c2ccccc2c1=O. The average Bonchev–Trinajstić information content (AvgIpc) is 2.64. The maximum absolute atomic E-state index is 12.5. The summed E-state index contributed by atoms with van der Waals surface area (Å²) in [7, 11) is 0. The van der Waals surface area contributed by atoms with Gasteiger partial charge < -0.3 is 16.2 Å². The summed E-state index contributed by atoms with van der Waals surface area (Å²) < 4.78 is 0.772. The van der Waals surface area contributed by atoms with Crippen molar-refractivity contribution in [1.82, 2.24) is 9.78 Å². The molecule has 1 aromatic heterocycles. The molecule has 0 aliphatic heterocycles. The van der Waals surface area contributed by atoms with Crippen LogP contribution in [-0.4, -0.2) is 32.7 Å². The predicted octanol–water partition coefficient (Wildman–Crippen LogP) is 0.832. The van der Waals surface area contributed by atoms with Crippen LogP contribution in [-0.2, 0) is 11.3 Å². The Balaban J connectivity index is 1.97. The summed E-state index contributed by atoms with van der Waals surface area (Å²) in [5.41, 5.74) is 4.61. The minimum absolute atomic E-state index is 0.107. The highest BCUT2D eigenvalue weighted by molar-refractivity contribution is 6.03. The standard InChI is InChI=1S/C18H14N4O5/c19-16(24)12-7-3-4-8-13(12)20-14(23)9-22-17(25)11-6-2-1-5-10(11)15(21-22)18(26)27/h1-8H,9H2,(H2,19,24)(H,20,23)(H,26,27). The molecule has 0 saturated carbocycles. The Morgan fingerprint density at radius 3 is 2.33 bits per heavy atom. The number of hydrogen-bond acceptors (Lipinski definition) is 5. The van der Waals surface area contributed by atoms with Crippen LogP contribution in [0.25, 0.3) is 10.8 Å². The second-order valence-electron chi connectivity index (χ2n) is 5.62. The zero-order valence-corrected chi connectivity index (χ0v) is 13.9. The Morgan fingerprint density at radius 1 is 1.04 bits per heavy atom. The lowest BCUT2D eigenvalue weighted by Gasteiger charge is -2.11. The number of nitrogens with one attached hydrogen (secondary N) is 1. The van der Waals surface area contributed by atoms with E-state index in [1.807, 2.05) is 0 Å². The van der Waals surface area contributed by atoms with Gasteiger partial charge in [0.1, 0.15) is 6.54 Å². The number of para-hydroxylation sites is 1. The van der Waals surface area contributed by atoms with Gasteiger partial charge in [-0.3, -0.25) is 14.4 Å². The molecule has 0 fully saturated rings. The molecule has 0 atom stereocenters. The number of rotatable bonds is 5. The Bertz CT molecular complexity index is 1140. The fourth-order valence-electron chi connectivity index (χ4n) is 2.63. The summed E-state index contributed by atoms with van der Waals surface area (Å²) in [4.78, 5) is 47.7. The number of carbonyl (C=O) groups excluding carboxylic acids is 2. The van der Waals surface area contributed by atoms with Crippen LogP contribution in [0.3, 0.4) is 0 Å². The molecule has 3 rings (SSSR count). The van der Waals surface area contributed by atoms with Gasteiger partial charge in [0.15, 0.2) is 5.69 Å². The monoisotopic (exact) mass is 366 g/mol. The van der Waals surface area contributed by atoms with E-state index in [4.69, 9.17) is 5.73 Å². The Hall–Kier alpha value is -4.01. The van der Waals surface area contributed by atoms with Crippen molar-refractivity contribution in [3.63, 3.8) is 0 Å². The molecule has 2 aromatic carbocycles. The van der Waals surface area contributed by atoms with Gasteiger partial charge in [-0.2, -0.15) is 5.10 Å². The normalized spacial score (nSPS) is 10.5. The number of carboxylic acid groups (broad SMARTS) is 1. The van der Waals surface area contributed by atoms with Crippen molar-refractivity contribution in [2.75, 3.05) is 5.32 Å². The molecule has 136 valence electrons. The molecule has 9 nitrogen and oxygen atoms in total. The van der Waals surface area contributed by atoms with Crippen LogP contribution < -0.4 is 16.6 Å². The first kappa shape index (κ1) is 17.8. The van der Waals surface area contributed by atoms with E-state index < -0.39 is 29.9 Å². The van der Waals surface area contributed by atoms with Gasteiger partial charge in [0.05, 0.1) is 16.6 Å². The van der Waals surface area contributed by atoms with Crippen LogP contribution in [0.2, 0.25) is 0 Å². The first-order chi connectivity index (χ1) is 12.9. The maximum Gasteiger partial charge on any atom is 0.357 e. The number of anilines is 1. The Morgan fingerprint density at radius 2 is 1.67 bits per heavy atom. The molecule has 0 radical (unpaired) electrons. The molecule has 2 amide bonds. The molecule has 3 aromatic rings. The molecule has 1 heterocycles. The molecule has 9 heteroatoms. The summed E-state index contributed by atoms with van der Waals surface area (Å²) >= 11 is 0. The van der Waals surface area contributed by atoms with E-state index in [1.165, 1.54) is 24.3 Å². The third kappa shape index (κ3) is 3.52. The number of primary amides is 1. The van der Waals surface area contributed by atoms with Crippen molar-refractivity contribution in [2.24, 2.45) is 5.73 Å². The molecule has 0 bridgehead atoms. The van der Waals surface area contributed by atoms with E-state index in [0.717, 1.165) is 4.68 Å². The van der Waals surface area contributed by atoms with Gasteiger partial charge in [0.25, 0.3) is 11.5 Å². The molecule has 0 unspecified atom stereocenters.